The predicted octanol–water partition coefficient (Wildman–Crippen LogP) is 2.28. The molecule has 1 aromatic heterocycles. The van der Waals surface area contributed by atoms with Gasteiger partial charge in [-0.05, 0) is 38.3 Å². The highest BCUT2D eigenvalue weighted by atomic mass is 15.2. The molecule has 2 aliphatic rings. The molecule has 4 nitrogen and oxygen atoms in total. The maximum absolute atomic E-state index is 4.21. The molecule has 0 unspecified atom stereocenters. The van der Waals surface area contributed by atoms with Gasteiger partial charge in [0.2, 0.25) is 0 Å². The minimum atomic E-state index is 0.143. The molecule has 112 valence electrons. The van der Waals surface area contributed by atoms with E-state index in [1.165, 1.54) is 43.6 Å². The topological polar surface area (TPSA) is 44.0 Å². The lowest BCUT2D eigenvalue weighted by atomic mass is 9.89. The molecule has 20 heavy (non-hydrogen) atoms. The first-order valence-electron chi connectivity index (χ1n) is 8.01. The van der Waals surface area contributed by atoms with E-state index in [0.717, 1.165) is 25.0 Å². The quantitative estimate of drug-likeness (QED) is 0.867. The highest BCUT2D eigenvalue weighted by Crippen LogP contribution is 2.31. The largest absolute Gasteiger partial charge is 0.312 e. The molecule has 0 spiro atoms. The van der Waals surface area contributed by atoms with E-state index < -0.39 is 0 Å². The van der Waals surface area contributed by atoms with Crippen molar-refractivity contribution in [3.8, 4) is 0 Å². The average molecular weight is 276 g/mol. The summed E-state index contributed by atoms with van der Waals surface area (Å²) in [5.74, 6) is 0.834. The summed E-state index contributed by atoms with van der Waals surface area (Å²) < 4.78 is 0. The van der Waals surface area contributed by atoms with Crippen LogP contribution in [0, 0.1) is 5.92 Å². The average Bonchev–Trinajstić information content (AvgIpc) is 2.93. The fourth-order valence-electron chi connectivity index (χ4n) is 3.31. The highest BCUT2D eigenvalue weighted by Gasteiger charge is 2.34. The summed E-state index contributed by atoms with van der Waals surface area (Å²) in [7, 11) is 0. The van der Waals surface area contributed by atoms with E-state index in [1.807, 2.05) is 6.20 Å². The molecule has 0 bridgehead atoms. The molecule has 1 aliphatic carbocycles. The van der Waals surface area contributed by atoms with Gasteiger partial charge in [0.25, 0.3) is 0 Å². The molecule has 1 saturated carbocycles. The molecule has 0 radical (unpaired) electrons. The Balaban J connectivity index is 1.45. The van der Waals surface area contributed by atoms with Gasteiger partial charge in [-0.1, -0.05) is 20.8 Å². The molecule has 2 fully saturated rings. The molecule has 1 aromatic rings. The van der Waals surface area contributed by atoms with Crippen LogP contribution >= 0.6 is 0 Å². The Bertz CT molecular complexity index is 442. The fourth-order valence-corrected chi connectivity index (χ4v) is 3.31. The third kappa shape index (κ3) is 3.23. The summed E-state index contributed by atoms with van der Waals surface area (Å²) in [6.07, 6.45) is 6.20. The number of rotatable bonds is 5. The van der Waals surface area contributed by atoms with Gasteiger partial charge in [0, 0.05) is 35.8 Å². The first-order valence-corrected chi connectivity index (χ1v) is 8.01. The molecule has 0 aromatic carbocycles. The lowest BCUT2D eigenvalue weighted by Crippen LogP contribution is -2.28. The maximum atomic E-state index is 4.21. The first kappa shape index (κ1) is 14.1. The Morgan fingerprint density at radius 3 is 2.85 bits per heavy atom. The smallest absolute Gasteiger partial charge is 0.0535 e. The van der Waals surface area contributed by atoms with Crippen LogP contribution in [0.2, 0.25) is 0 Å². The van der Waals surface area contributed by atoms with Gasteiger partial charge >= 0.3 is 0 Å². The molecule has 0 amide bonds. The van der Waals surface area contributed by atoms with Crippen LogP contribution in [-0.2, 0) is 12.0 Å². The van der Waals surface area contributed by atoms with E-state index in [9.17, 15) is 0 Å². The number of nitrogens with one attached hydrogen (secondary N) is 2. The summed E-state index contributed by atoms with van der Waals surface area (Å²) in [5.41, 5.74) is 2.72. The van der Waals surface area contributed by atoms with Crippen molar-refractivity contribution >= 4 is 0 Å². The van der Waals surface area contributed by atoms with Crippen molar-refractivity contribution in [2.24, 2.45) is 5.92 Å². The molecular weight excluding hydrogens is 248 g/mol. The van der Waals surface area contributed by atoms with Gasteiger partial charge in [-0.2, -0.15) is 5.10 Å². The molecule has 2 N–H and O–H groups in total. The van der Waals surface area contributed by atoms with Crippen LogP contribution in [0.25, 0.3) is 0 Å². The van der Waals surface area contributed by atoms with Gasteiger partial charge in [0.1, 0.15) is 0 Å². The summed E-state index contributed by atoms with van der Waals surface area (Å²) in [6, 6.07) is 0.932. The summed E-state index contributed by atoms with van der Waals surface area (Å²) in [4.78, 5) is 2.69. The van der Waals surface area contributed by atoms with Gasteiger partial charge in [-0.25, -0.2) is 0 Å². The van der Waals surface area contributed by atoms with Gasteiger partial charge < -0.3 is 10.2 Å². The van der Waals surface area contributed by atoms with Crippen LogP contribution in [0.3, 0.4) is 0 Å². The Morgan fingerprint density at radius 1 is 1.35 bits per heavy atom. The lowest BCUT2D eigenvalue weighted by molar-refractivity contribution is 0.311. The molecule has 4 heteroatoms. The predicted molar refractivity (Wildman–Crippen MR) is 81.7 cm³/mol. The Labute approximate surface area is 122 Å². The second-order valence-electron chi connectivity index (χ2n) is 7.53. The van der Waals surface area contributed by atoms with E-state index >= 15 is 0 Å². The Kier molecular flexibility index (Phi) is 3.87. The Hall–Kier alpha value is -0.870. The lowest BCUT2D eigenvalue weighted by Gasteiger charge is -2.19. The van der Waals surface area contributed by atoms with Crippen LogP contribution in [0.15, 0.2) is 6.20 Å². The van der Waals surface area contributed by atoms with Crippen molar-refractivity contribution in [3.05, 3.63) is 17.5 Å². The zero-order valence-electron chi connectivity index (χ0n) is 13.1. The zero-order valence-corrected chi connectivity index (χ0v) is 13.1. The third-order valence-electron chi connectivity index (χ3n) is 4.60. The van der Waals surface area contributed by atoms with E-state index in [1.54, 1.807) is 0 Å². The van der Waals surface area contributed by atoms with Gasteiger partial charge in [0.05, 0.1) is 6.20 Å². The van der Waals surface area contributed by atoms with Crippen molar-refractivity contribution < 1.29 is 0 Å². The first-order chi connectivity index (χ1) is 9.54. The molecule has 1 aliphatic heterocycles. The zero-order chi connectivity index (χ0) is 14.2. The summed E-state index contributed by atoms with van der Waals surface area (Å²) in [6.45, 7) is 11.4. The SMILES string of the molecule is CC(C)(C)c1[nH]ncc1CNC[C@@H]1CCN(C2CC2)C1. The van der Waals surface area contributed by atoms with E-state index in [4.69, 9.17) is 0 Å². The standard InChI is InChI=1S/C16H28N4/c1-16(2,3)15-13(10-18-19-15)9-17-8-12-6-7-20(11-12)14-4-5-14/h10,12,14,17H,4-9,11H2,1-3H3,(H,18,19)/t12-/m0/s1. The van der Waals surface area contributed by atoms with Crippen LogP contribution in [0.1, 0.15) is 51.3 Å². The number of likely N-dealkylation sites (tertiary alicyclic amines) is 1. The molecule has 2 heterocycles. The van der Waals surface area contributed by atoms with Crippen molar-refractivity contribution in [2.75, 3.05) is 19.6 Å². The van der Waals surface area contributed by atoms with Crippen LogP contribution < -0.4 is 5.32 Å². The molecule has 3 rings (SSSR count). The minimum Gasteiger partial charge on any atom is -0.312 e. The monoisotopic (exact) mass is 276 g/mol. The second kappa shape index (κ2) is 5.49. The number of H-pyrrole nitrogens is 1. The van der Waals surface area contributed by atoms with Crippen molar-refractivity contribution in [1.29, 1.82) is 0 Å². The third-order valence-corrected chi connectivity index (χ3v) is 4.60. The van der Waals surface area contributed by atoms with Crippen LogP contribution in [-0.4, -0.2) is 40.8 Å². The van der Waals surface area contributed by atoms with Crippen molar-refractivity contribution in [3.63, 3.8) is 0 Å². The highest BCUT2D eigenvalue weighted by molar-refractivity contribution is 5.23. The molecular formula is C16H28N4. The van der Waals surface area contributed by atoms with E-state index in [-0.39, 0.29) is 5.41 Å². The Morgan fingerprint density at radius 2 is 2.15 bits per heavy atom. The normalized spacial score (nSPS) is 24.4. The number of aromatic amines is 1. The number of hydrogen-bond acceptors (Lipinski definition) is 3. The van der Waals surface area contributed by atoms with E-state index in [2.05, 4.69) is 41.2 Å². The van der Waals surface area contributed by atoms with Crippen molar-refractivity contribution in [2.45, 2.75) is 58.0 Å². The number of hydrogen-bond donors (Lipinski definition) is 2. The van der Waals surface area contributed by atoms with Gasteiger partial charge in [0.15, 0.2) is 0 Å². The van der Waals surface area contributed by atoms with Crippen LogP contribution in [0.5, 0.6) is 0 Å². The molecule has 1 saturated heterocycles. The van der Waals surface area contributed by atoms with Gasteiger partial charge in [-0.15, -0.1) is 0 Å². The maximum Gasteiger partial charge on any atom is 0.0535 e. The fraction of sp³-hybridized carbons (Fsp3) is 0.812. The van der Waals surface area contributed by atoms with Crippen molar-refractivity contribution in [1.82, 2.24) is 20.4 Å². The van der Waals surface area contributed by atoms with Crippen LogP contribution in [0.4, 0.5) is 0 Å². The second-order valence-corrected chi connectivity index (χ2v) is 7.53. The van der Waals surface area contributed by atoms with Gasteiger partial charge in [-0.3, -0.25) is 5.10 Å². The number of aromatic nitrogens is 2. The molecule has 1 atom stereocenters. The summed E-state index contributed by atoms with van der Waals surface area (Å²) in [5, 5.41) is 11.0. The number of nitrogens with zero attached hydrogens (tertiary/aromatic N) is 2. The minimum absolute atomic E-state index is 0.143. The summed E-state index contributed by atoms with van der Waals surface area (Å²) >= 11 is 0. The van der Waals surface area contributed by atoms with E-state index in [0.29, 0.717) is 0 Å².